The van der Waals surface area contributed by atoms with Crippen molar-refractivity contribution in [3.8, 4) is 0 Å². The monoisotopic (exact) mass is 241 g/mol. The number of likely N-dealkylation sites (N-methyl/N-ethyl adjacent to an activating group) is 2. The van der Waals surface area contributed by atoms with Crippen LogP contribution in [0.3, 0.4) is 0 Å². The molecule has 0 radical (unpaired) electrons. The highest BCUT2D eigenvalue weighted by molar-refractivity contribution is 5.78. The Bertz CT molecular complexity index is 229. The van der Waals surface area contributed by atoms with Crippen molar-refractivity contribution in [3.63, 3.8) is 0 Å². The first-order valence-electron chi connectivity index (χ1n) is 6.87. The van der Waals surface area contributed by atoms with Crippen molar-refractivity contribution in [2.45, 2.75) is 39.2 Å². The zero-order chi connectivity index (χ0) is 12.7. The summed E-state index contributed by atoms with van der Waals surface area (Å²) in [7, 11) is 1.91. The van der Waals surface area contributed by atoms with Crippen LogP contribution in [0.15, 0.2) is 0 Å². The Morgan fingerprint density at radius 2 is 2.00 bits per heavy atom. The van der Waals surface area contributed by atoms with Gasteiger partial charge in [0, 0.05) is 26.2 Å². The predicted molar refractivity (Wildman–Crippen MR) is 71.1 cm³/mol. The maximum absolute atomic E-state index is 11.7. The molecule has 0 aliphatic heterocycles. The van der Waals surface area contributed by atoms with E-state index in [9.17, 15) is 4.79 Å². The van der Waals surface area contributed by atoms with Gasteiger partial charge in [-0.05, 0) is 32.4 Å². The number of hydrogen-bond donors (Lipinski definition) is 1. The number of rotatable bonds is 9. The van der Waals surface area contributed by atoms with E-state index in [-0.39, 0.29) is 5.91 Å². The third-order valence-corrected chi connectivity index (χ3v) is 3.36. The van der Waals surface area contributed by atoms with Crippen LogP contribution in [0.1, 0.15) is 33.1 Å². The Morgan fingerprint density at radius 3 is 2.53 bits per heavy atom. The molecule has 0 aromatic heterocycles. The largest absolute Gasteiger partial charge is 0.342 e. The molecule has 17 heavy (non-hydrogen) atoms. The fourth-order valence-electron chi connectivity index (χ4n) is 1.97. The van der Waals surface area contributed by atoms with Gasteiger partial charge in [-0.25, -0.2) is 0 Å². The molecule has 1 fully saturated rings. The zero-order valence-corrected chi connectivity index (χ0v) is 11.5. The summed E-state index contributed by atoms with van der Waals surface area (Å²) in [4.78, 5) is 16.0. The van der Waals surface area contributed by atoms with E-state index in [1.165, 1.54) is 19.3 Å². The molecule has 1 aliphatic rings. The number of carbonyl (C=O) groups excluding carboxylic acids is 1. The molecule has 1 saturated carbocycles. The van der Waals surface area contributed by atoms with Crippen molar-refractivity contribution < 1.29 is 4.79 Å². The van der Waals surface area contributed by atoms with Gasteiger partial charge in [-0.2, -0.15) is 0 Å². The molecular formula is C13H27N3O. The maximum Gasteiger partial charge on any atom is 0.236 e. The molecule has 0 heterocycles. The first-order valence-corrected chi connectivity index (χ1v) is 6.87. The van der Waals surface area contributed by atoms with E-state index in [2.05, 4.69) is 24.1 Å². The lowest BCUT2D eigenvalue weighted by Gasteiger charge is -2.20. The highest BCUT2D eigenvalue weighted by atomic mass is 16.2. The lowest BCUT2D eigenvalue weighted by Crippen LogP contribution is -2.40. The fraction of sp³-hybridized carbons (Fsp3) is 0.923. The van der Waals surface area contributed by atoms with Gasteiger partial charge in [-0.3, -0.25) is 4.79 Å². The summed E-state index contributed by atoms with van der Waals surface area (Å²) < 4.78 is 0. The van der Waals surface area contributed by atoms with Crippen molar-refractivity contribution in [1.82, 2.24) is 15.1 Å². The molecule has 0 unspecified atom stereocenters. The molecule has 0 aromatic carbocycles. The van der Waals surface area contributed by atoms with E-state index in [1.54, 1.807) is 0 Å². The van der Waals surface area contributed by atoms with Gasteiger partial charge in [0.05, 0.1) is 6.54 Å². The highest BCUT2D eigenvalue weighted by Gasteiger charge is 2.28. The lowest BCUT2D eigenvalue weighted by molar-refractivity contribution is -0.129. The molecule has 1 aliphatic carbocycles. The summed E-state index contributed by atoms with van der Waals surface area (Å²) in [6.07, 6.45) is 3.56. The molecule has 1 N–H and O–H groups in total. The van der Waals surface area contributed by atoms with Gasteiger partial charge in [0.25, 0.3) is 0 Å². The number of nitrogens with one attached hydrogen (secondary N) is 1. The third kappa shape index (κ3) is 5.50. The van der Waals surface area contributed by atoms with Crippen LogP contribution in [0.5, 0.6) is 0 Å². The Morgan fingerprint density at radius 1 is 1.29 bits per heavy atom. The molecule has 1 rings (SSSR count). The first kappa shape index (κ1) is 14.5. The second kappa shape index (κ2) is 7.67. The van der Waals surface area contributed by atoms with E-state index in [0.717, 1.165) is 26.2 Å². The van der Waals surface area contributed by atoms with Gasteiger partial charge in [0.1, 0.15) is 0 Å². The molecule has 0 atom stereocenters. The lowest BCUT2D eigenvalue weighted by atomic mass is 10.4. The van der Waals surface area contributed by atoms with E-state index in [4.69, 9.17) is 0 Å². The first-order chi connectivity index (χ1) is 8.19. The van der Waals surface area contributed by atoms with Gasteiger partial charge in [0.15, 0.2) is 0 Å². The third-order valence-electron chi connectivity index (χ3n) is 3.36. The summed E-state index contributed by atoms with van der Waals surface area (Å²) in [6, 6.07) is 0.525. The van der Waals surface area contributed by atoms with Crippen LogP contribution in [-0.2, 0) is 4.79 Å². The zero-order valence-electron chi connectivity index (χ0n) is 11.5. The Labute approximate surface area is 105 Å². The van der Waals surface area contributed by atoms with Crippen molar-refractivity contribution in [2.75, 3.05) is 39.8 Å². The average molecular weight is 241 g/mol. The number of carbonyl (C=O) groups is 1. The SMILES string of the molecule is CCCN(CC)CCNCC(=O)N(C)C1CC1. The van der Waals surface area contributed by atoms with Gasteiger partial charge in [0.2, 0.25) is 5.91 Å². The number of hydrogen-bond acceptors (Lipinski definition) is 3. The van der Waals surface area contributed by atoms with E-state index < -0.39 is 0 Å². The van der Waals surface area contributed by atoms with Crippen LogP contribution < -0.4 is 5.32 Å². The molecule has 0 saturated heterocycles. The average Bonchev–Trinajstić information content (AvgIpc) is 3.15. The molecule has 100 valence electrons. The van der Waals surface area contributed by atoms with Gasteiger partial charge in [-0.1, -0.05) is 13.8 Å². The molecule has 4 nitrogen and oxygen atoms in total. The van der Waals surface area contributed by atoms with Gasteiger partial charge < -0.3 is 15.1 Å². The Kier molecular flexibility index (Phi) is 6.52. The second-order valence-electron chi connectivity index (χ2n) is 4.85. The smallest absolute Gasteiger partial charge is 0.236 e. The Balaban J connectivity index is 2.04. The second-order valence-corrected chi connectivity index (χ2v) is 4.85. The summed E-state index contributed by atoms with van der Waals surface area (Å²) in [5, 5.41) is 3.24. The normalized spacial score (nSPS) is 15.3. The van der Waals surface area contributed by atoms with Crippen molar-refractivity contribution in [1.29, 1.82) is 0 Å². The minimum Gasteiger partial charge on any atom is -0.342 e. The van der Waals surface area contributed by atoms with Crippen LogP contribution in [0.25, 0.3) is 0 Å². The number of nitrogens with zero attached hydrogens (tertiary/aromatic N) is 2. The maximum atomic E-state index is 11.7. The van der Waals surface area contributed by atoms with Gasteiger partial charge in [-0.15, -0.1) is 0 Å². The molecular weight excluding hydrogens is 214 g/mol. The highest BCUT2D eigenvalue weighted by Crippen LogP contribution is 2.24. The van der Waals surface area contributed by atoms with E-state index in [0.29, 0.717) is 12.6 Å². The molecule has 0 bridgehead atoms. The van der Waals surface area contributed by atoms with Gasteiger partial charge >= 0.3 is 0 Å². The molecule has 4 heteroatoms. The van der Waals surface area contributed by atoms with Crippen molar-refractivity contribution in [2.24, 2.45) is 0 Å². The van der Waals surface area contributed by atoms with Crippen LogP contribution in [0, 0.1) is 0 Å². The fourth-order valence-corrected chi connectivity index (χ4v) is 1.97. The van der Waals surface area contributed by atoms with E-state index in [1.807, 2.05) is 11.9 Å². The quantitative estimate of drug-likeness (QED) is 0.610. The predicted octanol–water partition coefficient (Wildman–Crippen LogP) is 0.929. The molecule has 1 amide bonds. The van der Waals surface area contributed by atoms with Crippen LogP contribution >= 0.6 is 0 Å². The molecule has 0 aromatic rings. The van der Waals surface area contributed by atoms with Crippen LogP contribution in [0.2, 0.25) is 0 Å². The van der Waals surface area contributed by atoms with Crippen LogP contribution in [-0.4, -0.2) is 61.5 Å². The van der Waals surface area contributed by atoms with Crippen molar-refractivity contribution >= 4 is 5.91 Å². The standard InChI is InChI=1S/C13H27N3O/c1-4-9-16(5-2)10-8-14-11-13(17)15(3)12-6-7-12/h12,14H,4-11H2,1-3H3. The summed E-state index contributed by atoms with van der Waals surface area (Å²) >= 11 is 0. The summed E-state index contributed by atoms with van der Waals surface area (Å²) in [5.74, 6) is 0.228. The van der Waals surface area contributed by atoms with E-state index >= 15 is 0 Å². The minimum absolute atomic E-state index is 0.228. The minimum atomic E-state index is 0.228. The topological polar surface area (TPSA) is 35.6 Å². The van der Waals surface area contributed by atoms with Crippen molar-refractivity contribution in [3.05, 3.63) is 0 Å². The summed E-state index contributed by atoms with van der Waals surface area (Å²) in [6.45, 7) is 9.03. The van der Waals surface area contributed by atoms with Crippen LogP contribution in [0.4, 0.5) is 0 Å². The number of amides is 1. The molecule has 0 spiro atoms. The summed E-state index contributed by atoms with van der Waals surface area (Å²) in [5.41, 5.74) is 0. The Hall–Kier alpha value is -0.610.